The molecule has 2 heterocycles. The smallest absolute Gasteiger partial charge is 0.254 e. The van der Waals surface area contributed by atoms with Crippen LogP contribution in [0.3, 0.4) is 0 Å². The number of rotatable bonds is 13. The highest BCUT2D eigenvalue weighted by atomic mass is 16.2. The van der Waals surface area contributed by atoms with E-state index < -0.39 is 0 Å². The number of H-pyrrole nitrogens is 2. The van der Waals surface area contributed by atoms with Gasteiger partial charge < -0.3 is 20.2 Å². The highest BCUT2D eigenvalue weighted by molar-refractivity contribution is 5.94. The lowest BCUT2D eigenvalue weighted by Crippen LogP contribution is -2.31. The van der Waals surface area contributed by atoms with E-state index >= 15 is 0 Å². The van der Waals surface area contributed by atoms with Crippen LogP contribution in [0.5, 0.6) is 0 Å². The molecule has 34 heavy (non-hydrogen) atoms. The van der Waals surface area contributed by atoms with E-state index in [0.29, 0.717) is 31.7 Å². The summed E-state index contributed by atoms with van der Waals surface area (Å²) in [6, 6.07) is 7.71. The van der Waals surface area contributed by atoms with Crippen LogP contribution in [-0.4, -0.2) is 61.8 Å². The second-order valence-corrected chi connectivity index (χ2v) is 8.16. The molecule has 180 valence electrons. The molecule has 3 N–H and O–H groups in total. The number of carbonyl (C=O) groups excluding carboxylic acids is 1. The number of imidazole rings is 2. The lowest BCUT2D eigenvalue weighted by molar-refractivity contribution is 0.0721. The van der Waals surface area contributed by atoms with E-state index in [2.05, 4.69) is 55.8 Å². The first-order valence-corrected chi connectivity index (χ1v) is 11.9. The molecule has 3 rings (SSSR count). The molecule has 0 bridgehead atoms. The summed E-state index contributed by atoms with van der Waals surface area (Å²) in [5.74, 6) is 7.86. The molecular weight excluding hydrogens is 426 g/mol. The van der Waals surface area contributed by atoms with Crippen molar-refractivity contribution in [3.63, 3.8) is 0 Å². The molecule has 2 aromatic heterocycles. The molecule has 0 aliphatic rings. The van der Waals surface area contributed by atoms with Gasteiger partial charge in [0.1, 0.15) is 11.6 Å². The third-order valence-corrected chi connectivity index (χ3v) is 5.33. The Morgan fingerprint density at radius 1 is 0.941 bits per heavy atom. The number of benzene rings is 1. The number of amides is 1. The van der Waals surface area contributed by atoms with Gasteiger partial charge in [0.25, 0.3) is 5.91 Å². The van der Waals surface area contributed by atoms with E-state index in [1.165, 1.54) is 0 Å². The minimum Gasteiger partial charge on any atom is -0.347 e. The highest BCUT2D eigenvalue weighted by Gasteiger charge is 2.18. The summed E-state index contributed by atoms with van der Waals surface area (Å²) in [6.45, 7) is 9.53. The Hall–Kier alpha value is -3.41. The van der Waals surface area contributed by atoms with Crippen molar-refractivity contribution >= 4 is 5.91 Å². The van der Waals surface area contributed by atoms with Gasteiger partial charge in [-0.1, -0.05) is 37.8 Å². The third kappa shape index (κ3) is 8.18. The number of nitrogens with one attached hydrogen (secondary N) is 3. The molecule has 0 saturated carbocycles. The largest absolute Gasteiger partial charge is 0.347 e. The van der Waals surface area contributed by atoms with E-state index in [1.807, 2.05) is 24.3 Å². The van der Waals surface area contributed by atoms with Gasteiger partial charge in [-0.05, 0) is 43.6 Å². The van der Waals surface area contributed by atoms with Gasteiger partial charge in [0, 0.05) is 36.9 Å². The second-order valence-electron chi connectivity index (χ2n) is 8.16. The average molecular weight is 462 g/mol. The zero-order valence-electron chi connectivity index (χ0n) is 20.2. The Morgan fingerprint density at radius 3 is 2.09 bits per heavy atom. The predicted molar refractivity (Wildman–Crippen MR) is 134 cm³/mol. The van der Waals surface area contributed by atoms with Crippen molar-refractivity contribution in [2.45, 2.75) is 46.3 Å². The van der Waals surface area contributed by atoms with Crippen molar-refractivity contribution < 1.29 is 4.79 Å². The summed E-state index contributed by atoms with van der Waals surface area (Å²) >= 11 is 0. The average Bonchev–Trinajstić information content (AvgIpc) is 3.56. The van der Waals surface area contributed by atoms with Gasteiger partial charge in [0.2, 0.25) is 0 Å². The van der Waals surface area contributed by atoms with Crippen molar-refractivity contribution in [3.8, 4) is 11.8 Å². The molecule has 0 fully saturated rings. The molecule has 0 radical (unpaired) electrons. The molecule has 1 amide bonds. The van der Waals surface area contributed by atoms with Crippen molar-refractivity contribution in [2.75, 3.05) is 26.2 Å². The summed E-state index contributed by atoms with van der Waals surface area (Å²) in [5.41, 5.74) is 1.74. The fourth-order valence-electron chi connectivity index (χ4n) is 3.68. The molecule has 0 atom stereocenters. The topological polar surface area (TPSA) is 92.9 Å². The fourth-order valence-corrected chi connectivity index (χ4v) is 3.68. The molecule has 0 unspecified atom stereocenters. The molecule has 1 aromatic carbocycles. The molecule has 0 saturated heterocycles. The maximum atomic E-state index is 13.2. The molecule has 8 heteroatoms. The van der Waals surface area contributed by atoms with Gasteiger partial charge in [-0.3, -0.25) is 9.69 Å². The molecule has 8 nitrogen and oxygen atoms in total. The minimum atomic E-state index is -0.0677. The standard InChI is InChI=1S/C26H35N7O/c1-3-16-32(17-4-2)18-6-5-11-27-19-22-7-9-23(10-8-22)26(34)33(20-24-28-12-13-29-24)21-25-30-14-15-31-25/h7-10,12-15,27H,3-4,11,16-21H2,1-2H3,(H,28,29)(H,30,31). The van der Waals surface area contributed by atoms with Crippen LogP contribution in [0, 0.1) is 11.8 Å². The van der Waals surface area contributed by atoms with E-state index in [4.69, 9.17) is 0 Å². The van der Waals surface area contributed by atoms with Crippen LogP contribution in [0.1, 0.15) is 54.3 Å². The Morgan fingerprint density at radius 2 is 1.56 bits per heavy atom. The number of carbonyl (C=O) groups is 1. The van der Waals surface area contributed by atoms with Gasteiger partial charge in [-0.25, -0.2) is 9.97 Å². The number of nitrogens with zero attached hydrogens (tertiary/aromatic N) is 4. The minimum absolute atomic E-state index is 0.0677. The molecule has 3 aromatic rings. The Balaban J connectivity index is 1.51. The van der Waals surface area contributed by atoms with Crippen LogP contribution < -0.4 is 5.32 Å². The Bertz CT molecular complexity index is 975. The summed E-state index contributed by atoms with van der Waals surface area (Å²) < 4.78 is 0. The van der Waals surface area contributed by atoms with Crippen LogP contribution in [0.15, 0.2) is 49.1 Å². The summed E-state index contributed by atoms with van der Waals surface area (Å²) in [5, 5.41) is 3.36. The van der Waals surface area contributed by atoms with Crippen LogP contribution in [0.2, 0.25) is 0 Å². The summed E-state index contributed by atoms with van der Waals surface area (Å²) in [7, 11) is 0. The predicted octanol–water partition coefficient (Wildman–Crippen LogP) is 3.19. The third-order valence-electron chi connectivity index (χ3n) is 5.33. The van der Waals surface area contributed by atoms with E-state index in [1.54, 1.807) is 29.7 Å². The number of hydrogen-bond donors (Lipinski definition) is 3. The molecule has 0 aliphatic carbocycles. The Kier molecular flexibility index (Phi) is 10.4. The lowest BCUT2D eigenvalue weighted by Gasteiger charge is -2.21. The maximum Gasteiger partial charge on any atom is 0.254 e. The summed E-state index contributed by atoms with van der Waals surface area (Å²) in [6.07, 6.45) is 9.18. The molecule has 0 spiro atoms. The first kappa shape index (κ1) is 25.2. The monoisotopic (exact) mass is 461 g/mol. The number of hydrogen-bond acceptors (Lipinski definition) is 5. The van der Waals surface area contributed by atoms with Gasteiger partial charge in [0.05, 0.1) is 26.2 Å². The van der Waals surface area contributed by atoms with Gasteiger partial charge >= 0.3 is 0 Å². The Labute approximate surface area is 202 Å². The van der Waals surface area contributed by atoms with Crippen molar-refractivity contribution in [3.05, 3.63) is 71.8 Å². The molecule has 0 aliphatic heterocycles. The normalized spacial score (nSPS) is 10.8. The van der Waals surface area contributed by atoms with E-state index in [9.17, 15) is 4.79 Å². The van der Waals surface area contributed by atoms with Crippen LogP contribution in [0.25, 0.3) is 0 Å². The lowest BCUT2D eigenvalue weighted by atomic mass is 10.1. The van der Waals surface area contributed by atoms with Gasteiger partial charge in [0.15, 0.2) is 0 Å². The fraction of sp³-hybridized carbons (Fsp3) is 0.423. The van der Waals surface area contributed by atoms with Crippen LogP contribution in [0.4, 0.5) is 0 Å². The number of aromatic amines is 2. The zero-order valence-corrected chi connectivity index (χ0v) is 20.2. The van der Waals surface area contributed by atoms with E-state index in [0.717, 1.165) is 49.7 Å². The SMILES string of the molecule is CCCN(CC#CCNCc1ccc(C(=O)N(Cc2ncc[nH]2)Cc2ncc[nH]2)cc1)CCC. The van der Waals surface area contributed by atoms with Crippen molar-refractivity contribution in [2.24, 2.45) is 0 Å². The van der Waals surface area contributed by atoms with Crippen molar-refractivity contribution in [1.29, 1.82) is 0 Å². The highest BCUT2D eigenvalue weighted by Crippen LogP contribution is 2.12. The summed E-state index contributed by atoms with van der Waals surface area (Å²) in [4.78, 5) is 31.9. The number of aromatic nitrogens is 4. The van der Waals surface area contributed by atoms with Crippen LogP contribution in [-0.2, 0) is 19.6 Å². The van der Waals surface area contributed by atoms with Crippen LogP contribution >= 0.6 is 0 Å². The first-order chi connectivity index (χ1) is 16.7. The molecular formula is C26H35N7O. The zero-order chi connectivity index (χ0) is 24.0. The maximum absolute atomic E-state index is 13.2. The quantitative estimate of drug-likeness (QED) is 0.269. The van der Waals surface area contributed by atoms with E-state index in [-0.39, 0.29) is 5.91 Å². The second kappa shape index (κ2) is 14.0. The van der Waals surface area contributed by atoms with Gasteiger partial charge in [-0.2, -0.15) is 0 Å². The first-order valence-electron chi connectivity index (χ1n) is 11.9. The van der Waals surface area contributed by atoms with Gasteiger partial charge in [-0.15, -0.1) is 0 Å². The van der Waals surface area contributed by atoms with Crippen molar-refractivity contribution in [1.82, 2.24) is 35.1 Å².